The molecule has 1 heterocycles. The lowest BCUT2D eigenvalue weighted by Crippen LogP contribution is -2.26. The number of nitrogens with zero attached hydrogens (tertiary/aromatic N) is 2. The highest BCUT2D eigenvalue weighted by Crippen LogP contribution is 2.19. The molecule has 0 aromatic carbocycles. The maximum absolute atomic E-state index is 12.3. The highest BCUT2D eigenvalue weighted by atomic mass is 32.2. The molecule has 21 heavy (non-hydrogen) atoms. The molecule has 0 fully saturated rings. The van der Waals surface area contributed by atoms with Crippen LogP contribution in [0.15, 0.2) is 4.90 Å². The number of carbonyl (C=O) groups is 1. The van der Waals surface area contributed by atoms with Crippen molar-refractivity contribution in [2.75, 3.05) is 6.54 Å². The minimum absolute atomic E-state index is 0.0771. The Kier molecular flexibility index (Phi) is 5.91. The van der Waals surface area contributed by atoms with Crippen molar-refractivity contribution >= 4 is 16.0 Å². The third-order valence-electron chi connectivity index (χ3n) is 3.12. The number of carboxylic acid groups (broad SMARTS) is 1. The summed E-state index contributed by atoms with van der Waals surface area (Å²) in [4.78, 5) is 10.8. The van der Waals surface area contributed by atoms with Gasteiger partial charge < -0.3 is 5.11 Å². The normalized spacial score (nSPS) is 12.0. The molecule has 0 atom stereocenters. The molecule has 0 spiro atoms. The number of sulfonamides is 1. The molecule has 0 saturated heterocycles. The second-order valence-electron chi connectivity index (χ2n) is 5.49. The van der Waals surface area contributed by atoms with E-state index in [0.717, 1.165) is 12.8 Å². The summed E-state index contributed by atoms with van der Waals surface area (Å²) in [5.41, 5.74) is 0.649. The SMILES string of the molecule is Cc1nn(CC(=O)O)c(C)c1S(=O)(=O)NCCCC(C)C. The first-order valence-electron chi connectivity index (χ1n) is 6.90. The van der Waals surface area contributed by atoms with Crippen LogP contribution in [-0.2, 0) is 21.4 Å². The van der Waals surface area contributed by atoms with Crippen molar-refractivity contribution in [1.29, 1.82) is 0 Å². The molecular weight excluding hydrogens is 294 g/mol. The monoisotopic (exact) mass is 317 g/mol. The summed E-state index contributed by atoms with van der Waals surface area (Å²) in [6, 6.07) is 0. The third-order valence-corrected chi connectivity index (χ3v) is 4.83. The Labute approximate surface area is 125 Å². The number of hydrogen-bond acceptors (Lipinski definition) is 4. The van der Waals surface area contributed by atoms with Crippen LogP contribution in [0.4, 0.5) is 0 Å². The van der Waals surface area contributed by atoms with Crippen molar-refractivity contribution < 1.29 is 18.3 Å². The Hall–Kier alpha value is -1.41. The van der Waals surface area contributed by atoms with E-state index in [-0.39, 0.29) is 11.4 Å². The first-order valence-corrected chi connectivity index (χ1v) is 8.39. The van der Waals surface area contributed by atoms with E-state index in [0.29, 0.717) is 23.9 Å². The molecule has 0 aliphatic heterocycles. The topological polar surface area (TPSA) is 101 Å². The van der Waals surface area contributed by atoms with Crippen molar-refractivity contribution in [3.05, 3.63) is 11.4 Å². The number of nitrogens with one attached hydrogen (secondary N) is 1. The van der Waals surface area contributed by atoms with Crippen molar-refractivity contribution in [1.82, 2.24) is 14.5 Å². The van der Waals surface area contributed by atoms with Crippen LogP contribution in [0.3, 0.4) is 0 Å². The van der Waals surface area contributed by atoms with Gasteiger partial charge in [0.05, 0.1) is 11.4 Å². The van der Waals surface area contributed by atoms with Crippen LogP contribution in [0.5, 0.6) is 0 Å². The average Bonchev–Trinajstić information content (AvgIpc) is 2.59. The largest absolute Gasteiger partial charge is 0.480 e. The van der Waals surface area contributed by atoms with Crippen LogP contribution in [0.25, 0.3) is 0 Å². The standard InChI is InChI=1S/C13H23N3O4S/c1-9(2)6-5-7-14-21(19,20)13-10(3)15-16(11(13)4)8-12(17)18/h9,14H,5-8H2,1-4H3,(H,17,18). The minimum atomic E-state index is -3.66. The van der Waals surface area contributed by atoms with Gasteiger partial charge in [-0.1, -0.05) is 13.8 Å². The molecule has 0 aliphatic rings. The Morgan fingerprint density at radius 1 is 1.38 bits per heavy atom. The van der Waals surface area contributed by atoms with E-state index in [9.17, 15) is 13.2 Å². The molecule has 0 amide bonds. The summed E-state index contributed by atoms with van der Waals surface area (Å²) < 4.78 is 28.4. The van der Waals surface area contributed by atoms with E-state index in [2.05, 4.69) is 23.7 Å². The van der Waals surface area contributed by atoms with Crippen LogP contribution in [0.2, 0.25) is 0 Å². The maximum Gasteiger partial charge on any atom is 0.325 e. The fraction of sp³-hybridized carbons (Fsp3) is 0.692. The molecular formula is C13H23N3O4S. The summed E-state index contributed by atoms with van der Waals surface area (Å²) in [5, 5.41) is 12.8. The molecule has 1 rings (SSSR count). The van der Waals surface area contributed by atoms with Gasteiger partial charge in [0.25, 0.3) is 0 Å². The number of carboxylic acids is 1. The lowest BCUT2D eigenvalue weighted by molar-refractivity contribution is -0.137. The molecule has 7 nitrogen and oxygen atoms in total. The summed E-state index contributed by atoms with van der Waals surface area (Å²) >= 11 is 0. The second kappa shape index (κ2) is 7.04. The Bertz CT molecular complexity index is 605. The highest BCUT2D eigenvalue weighted by Gasteiger charge is 2.24. The molecule has 8 heteroatoms. The van der Waals surface area contributed by atoms with Gasteiger partial charge in [0, 0.05) is 6.54 Å². The van der Waals surface area contributed by atoms with Gasteiger partial charge in [0.15, 0.2) is 0 Å². The van der Waals surface area contributed by atoms with Crippen LogP contribution < -0.4 is 4.72 Å². The number of aliphatic carboxylic acids is 1. The highest BCUT2D eigenvalue weighted by molar-refractivity contribution is 7.89. The van der Waals surface area contributed by atoms with Gasteiger partial charge in [-0.25, -0.2) is 13.1 Å². The van der Waals surface area contributed by atoms with Gasteiger partial charge in [-0.05, 0) is 32.6 Å². The smallest absolute Gasteiger partial charge is 0.325 e. The van der Waals surface area contributed by atoms with Crippen LogP contribution in [-0.4, -0.2) is 35.8 Å². The van der Waals surface area contributed by atoms with Gasteiger partial charge in [0.1, 0.15) is 11.4 Å². The molecule has 0 bridgehead atoms. The fourth-order valence-corrected chi connectivity index (χ4v) is 3.62. The van der Waals surface area contributed by atoms with Crippen LogP contribution >= 0.6 is 0 Å². The zero-order valence-electron chi connectivity index (χ0n) is 12.9. The quantitative estimate of drug-likeness (QED) is 0.704. The zero-order chi connectivity index (χ0) is 16.2. The van der Waals surface area contributed by atoms with Crippen LogP contribution in [0, 0.1) is 19.8 Å². The van der Waals surface area contributed by atoms with E-state index < -0.39 is 16.0 Å². The third kappa shape index (κ3) is 4.82. The summed E-state index contributed by atoms with van der Waals surface area (Å²) in [7, 11) is -3.66. The Morgan fingerprint density at radius 2 is 2.00 bits per heavy atom. The summed E-state index contributed by atoms with van der Waals surface area (Å²) in [5.74, 6) is -0.536. The summed E-state index contributed by atoms with van der Waals surface area (Å²) in [6.45, 7) is 7.30. The number of aromatic nitrogens is 2. The van der Waals surface area contributed by atoms with Gasteiger partial charge in [-0.3, -0.25) is 9.48 Å². The van der Waals surface area contributed by atoms with E-state index in [4.69, 9.17) is 5.11 Å². The lowest BCUT2D eigenvalue weighted by atomic mass is 10.1. The minimum Gasteiger partial charge on any atom is -0.480 e. The first kappa shape index (κ1) is 17.6. The molecule has 1 aromatic rings. The molecule has 0 unspecified atom stereocenters. The van der Waals surface area contributed by atoms with Crippen molar-refractivity contribution in [3.8, 4) is 0 Å². The van der Waals surface area contributed by atoms with Crippen LogP contribution in [0.1, 0.15) is 38.1 Å². The van der Waals surface area contributed by atoms with Gasteiger partial charge in [0.2, 0.25) is 10.0 Å². The van der Waals surface area contributed by atoms with E-state index in [1.165, 1.54) is 4.68 Å². The fourth-order valence-electron chi connectivity index (χ4n) is 2.14. The average molecular weight is 317 g/mol. The molecule has 0 aliphatic carbocycles. The first-order chi connectivity index (χ1) is 9.65. The van der Waals surface area contributed by atoms with Gasteiger partial charge in [-0.15, -0.1) is 0 Å². The molecule has 2 N–H and O–H groups in total. The number of hydrogen-bond donors (Lipinski definition) is 2. The van der Waals surface area contributed by atoms with Crippen molar-refractivity contribution in [2.24, 2.45) is 5.92 Å². The maximum atomic E-state index is 12.3. The number of aryl methyl sites for hydroxylation is 1. The molecule has 0 radical (unpaired) electrons. The summed E-state index contributed by atoms with van der Waals surface area (Å²) in [6.07, 6.45) is 1.71. The predicted octanol–water partition coefficient (Wildman–Crippen LogP) is 1.30. The number of rotatable bonds is 8. The van der Waals surface area contributed by atoms with E-state index in [1.54, 1.807) is 13.8 Å². The van der Waals surface area contributed by atoms with Crippen molar-refractivity contribution in [3.63, 3.8) is 0 Å². The lowest BCUT2D eigenvalue weighted by Gasteiger charge is -2.08. The molecule has 1 aromatic heterocycles. The second-order valence-corrected chi connectivity index (χ2v) is 7.19. The zero-order valence-corrected chi connectivity index (χ0v) is 13.7. The Balaban J connectivity index is 2.88. The van der Waals surface area contributed by atoms with Gasteiger partial charge >= 0.3 is 5.97 Å². The molecule has 0 saturated carbocycles. The van der Waals surface area contributed by atoms with E-state index >= 15 is 0 Å². The van der Waals surface area contributed by atoms with Gasteiger partial charge in [-0.2, -0.15) is 5.10 Å². The van der Waals surface area contributed by atoms with E-state index in [1.807, 2.05) is 0 Å². The molecule has 120 valence electrons. The van der Waals surface area contributed by atoms with Crippen molar-refractivity contribution in [2.45, 2.75) is 52.0 Å². The predicted molar refractivity (Wildman–Crippen MR) is 78.6 cm³/mol. The Morgan fingerprint density at radius 3 is 2.52 bits per heavy atom.